The predicted octanol–water partition coefficient (Wildman–Crippen LogP) is 3.23. The molecular formula is C14H28BrNO2S. The minimum absolute atomic E-state index is 0.361. The topological polar surface area (TPSA) is 37.4 Å². The molecule has 0 N–H and O–H groups in total. The Bertz CT molecular complexity index is 319. The third-order valence-corrected chi connectivity index (χ3v) is 6.03. The molecule has 1 rings (SSSR count). The first-order chi connectivity index (χ1) is 9.14. The highest BCUT2D eigenvalue weighted by molar-refractivity contribution is 9.09. The van der Waals surface area contributed by atoms with Crippen molar-refractivity contribution in [2.24, 2.45) is 0 Å². The summed E-state index contributed by atoms with van der Waals surface area (Å²) in [5, 5.41) is 1.13. The first-order valence-corrected chi connectivity index (χ1v) is 10.6. The lowest BCUT2D eigenvalue weighted by Gasteiger charge is -2.18. The van der Waals surface area contributed by atoms with Crippen molar-refractivity contribution in [1.82, 2.24) is 4.90 Å². The van der Waals surface area contributed by atoms with Gasteiger partial charge in [0, 0.05) is 11.9 Å². The maximum absolute atomic E-state index is 11.5. The van der Waals surface area contributed by atoms with E-state index in [1.807, 2.05) is 0 Å². The highest BCUT2D eigenvalue weighted by Gasteiger charge is 2.18. The van der Waals surface area contributed by atoms with Crippen LogP contribution in [0.3, 0.4) is 0 Å². The monoisotopic (exact) mass is 353 g/mol. The van der Waals surface area contributed by atoms with Crippen LogP contribution in [0.1, 0.15) is 51.4 Å². The number of rotatable bonds is 9. The summed E-state index contributed by atoms with van der Waals surface area (Å²) in [4.78, 5) is 2.33. The molecule has 114 valence electrons. The lowest BCUT2D eigenvalue weighted by molar-refractivity contribution is 0.287. The van der Waals surface area contributed by atoms with Crippen LogP contribution in [0.4, 0.5) is 0 Å². The Kier molecular flexibility index (Phi) is 9.33. The minimum Gasteiger partial charge on any atom is -0.302 e. The second-order valence-electron chi connectivity index (χ2n) is 5.51. The molecule has 0 unspecified atom stereocenters. The van der Waals surface area contributed by atoms with E-state index in [1.165, 1.54) is 44.9 Å². The highest BCUT2D eigenvalue weighted by atomic mass is 79.9. The fourth-order valence-corrected chi connectivity index (χ4v) is 4.23. The molecule has 5 heteroatoms. The summed E-state index contributed by atoms with van der Waals surface area (Å²) in [6.07, 6.45) is 9.99. The molecule has 1 heterocycles. The third kappa shape index (κ3) is 9.03. The zero-order chi connectivity index (χ0) is 14.0. The number of nitrogens with zero attached hydrogens (tertiary/aromatic N) is 1. The number of halogens is 1. The standard InChI is InChI=1S/C14H28BrNO2S/c15-9-6-4-2-1-3-5-7-10-16-11-8-13-19(17,18)14-12-16/h1-14H2. The average molecular weight is 354 g/mol. The molecule has 0 amide bonds. The van der Waals surface area contributed by atoms with Gasteiger partial charge in [0.05, 0.1) is 11.5 Å². The maximum Gasteiger partial charge on any atom is 0.151 e. The molecule has 19 heavy (non-hydrogen) atoms. The molecule has 0 radical (unpaired) electrons. The predicted molar refractivity (Wildman–Crippen MR) is 85.8 cm³/mol. The lowest BCUT2D eigenvalue weighted by Crippen LogP contribution is -2.28. The lowest BCUT2D eigenvalue weighted by atomic mass is 10.1. The van der Waals surface area contributed by atoms with E-state index in [4.69, 9.17) is 0 Å². The van der Waals surface area contributed by atoms with Gasteiger partial charge in [-0.2, -0.15) is 0 Å². The fraction of sp³-hybridized carbons (Fsp3) is 1.00. The van der Waals surface area contributed by atoms with E-state index in [9.17, 15) is 8.42 Å². The van der Waals surface area contributed by atoms with Gasteiger partial charge in [-0.15, -0.1) is 0 Å². The first kappa shape index (κ1) is 17.4. The number of hydrogen-bond acceptors (Lipinski definition) is 3. The van der Waals surface area contributed by atoms with E-state index >= 15 is 0 Å². The van der Waals surface area contributed by atoms with E-state index in [0.717, 1.165) is 31.4 Å². The van der Waals surface area contributed by atoms with Crippen molar-refractivity contribution in [3.8, 4) is 0 Å². The Morgan fingerprint density at radius 2 is 1.47 bits per heavy atom. The second kappa shape index (κ2) is 10.2. The van der Waals surface area contributed by atoms with E-state index in [0.29, 0.717) is 11.5 Å². The van der Waals surface area contributed by atoms with Crippen LogP contribution in [-0.4, -0.2) is 49.8 Å². The maximum atomic E-state index is 11.5. The van der Waals surface area contributed by atoms with Crippen LogP contribution in [0, 0.1) is 0 Å². The number of sulfone groups is 1. The molecule has 0 aromatic carbocycles. The Morgan fingerprint density at radius 3 is 2.16 bits per heavy atom. The quantitative estimate of drug-likeness (QED) is 0.471. The van der Waals surface area contributed by atoms with Crippen LogP contribution >= 0.6 is 15.9 Å². The van der Waals surface area contributed by atoms with Crippen LogP contribution in [-0.2, 0) is 9.84 Å². The van der Waals surface area contributed by atoms with Gasteiger partial charge in [-0.25, -0.2) is 8.42 Å². The Morgan fingerprint density at radius 1 is 0.842 bits per heavy atom. The zero-order valence-corrected chi connectivity index (χ0v) is 14.4. The average Bonchev–Trinajstić information content (AvgIpc) is 2.54. The summed E-state index contributed by atoms with van der Waals surface area (Å²) in [5.41, 5.74) is 0. The number of unbranched alkanes of at least 4 members (excludes halogenated alkanes) is 6. The normalized spacial score (nSPS) is 20.3. The van der Waals surface area contributed by atoms with E-state index in [2.05, 4.69) is 20.8 Å². The van der Waals surface area contributed by atoms with Crippen molar-refractivity contribution in [1.29, 1.82) is 0 Å². The van der Waals surface area contributed by atoms with Crippen molar-refractivity contribution >= 4 is 25.8 Å². The van der Waals surface area contributed by atoms with Crippen molar-refractivity contribution in [3.05, 3.63) is 0 Å². The number of alkyl halides is 1. The molecule has 1 aliphatic rings. The van der Waals surface area contributed by atoms with Gasteiger partial charge in [0.15, 0.2) is 9.84 Å². The van der Waals surface area contributed by atoms with Crippen LogP contribution in [0.5, 0.6) is 0 Å². The van der Waals surface area contributed by atoms with Gasteiger partial charge in [-0.05, 0) is 32.4 Å². The summed E-state index contributed by atoms with van der Waals surface area (Å²) in [6.45, 7) is 2.79. The summed E-state index contributed by atoms with van der Waals surface area (Å²) in [6, 6.07) is 0. The molecule has 1 fully saturated rings. The Labute approximate surface area is 127 Å². The van der Waals surface area contributed by atoms with Crippen LogP contribution in [0.15, 0.2) is 0 Å². The molecule has 0 aromatic heterocycles. The van der Waals surface area contributed by atoms with Crippen molar-refractivity contribution in [3.63, 3.8) is 0 Å². The summed E-state index contributed by atoms with van der Waals surface area (Å²) in [7, 11) is -2.75. The van der Waals surface area contributed by atoms with Gasteiger partial charge >= 0.3 is 0 Å². The van der Waals surface area contributed by atoms with Gasteiger partial charge in [-0.3, -0.25) is 0 Å². The van der Waals surface area contributed by atoms with Crippen molar-refractivity contribution < 1.29 is 8.42 Å². The van der Waals surface area contributed by atoms with Crippen molar-refractivity contribution in [2.45, 2.75) is 51.4 Å². The first-order valence-electron chi connectivity index (χ1n) is 7.63. The Balaban J connectivity index is 1.97. The van der Waals surface area contributed by atoms with Gasteiger partial charge in [0.1, 0.15) is 0 Å². The third-order valence-electron chi connectivity index (χ3n) is 3.76. The van der Waals surface area contributed by atoms with E-state index < -0.39 is 9.84 Å². The van der Waals surface area contributed by atoms with E-state index in [1.54, 1.807) is 0 Å². The molecule has 3 nitrogen and oxygen atoms in total. The molecule has 0 atom stereocenters. The summed E-state index contributed by atoms with van der Waals surface area (Å²) < 4.78 is 23.0. The summed E-state index contributed by atoms with van der Waals surface area (Å²) in [5.74, 6) is 0.747. The molecule has 0 saturated carbocycles. The summed E-state index contributed by atoms with van der Waals surface area (Å²) >= 11 is 3.45. The molecule has 0 aliphatic carbocycles. The van der Waals surface area contributed by atoms with Gasteiger partial charge in [0.25, 0.3) is 0 Å². The highest BCUT2D eigenvalue weighted by Crippen LogP contribution is 2.10. The molecular weight excluding hydrogens is 326 g/mol. The molecule has 0 aromatic rings. The minimum atomic E-state index is -2.75. The van der Waals surface area contributed by atoms with Gasteiger partial charge in [0.2, 0.25) is 0 Å². The van der Waals surface area contributed by atoms with Gasteiger partial charge in [-0.1, -0.05) is 48.0 Å². The van der Waals surface area contributed by atoms with Crippen LogP contribution < -0.4 is 0 Å². The second-order valence-corrected chi connectivity index (χ2v) is 8.61. The van der Waals surface area contributed by atoms with Crippen molar-refractivity contribution in [2.75, 3.05) is 36.5 Å². The molecule has 1 aliphatic heterocycles. The molecule has 1 saturated heterocycles. The molecule has 0 bridgehead atoms. The molecule has 0 spiro atoms. The van der Waals surface area contributed by atoms with E-state index in [-0.39, 0.29) is 0 Å². The smallest absolute Gasteiger partial charge is 0.151 e. The largest absolute Gasteiger partial charge is 0.302 e. The SMILES string of the molecule is O=S1(=O)CCCN(CCCCCCCCCBr)CC1. The Hall–Kier alpha value is 0.390. The van der Waals surface area contributed by atoms with Crippen LogP contribution in [0.2, 0.25) is 0 Å². The zero-order valence-electron chi connectivity index (χ0n) is 11.9. The van der Waals surface area contributed by atoms with Gasteiger partial charge < -0.3 is 4.90 Å². The fourth-order valence-electron chi connectivity index (χ4n) is 2.53. The van der Waals surface area contributed by atoms with Crippen LogP contribution in [0.25, 0.3) is 0 Å². The number of hydrogen-bond donors (Lipinski definition) is 0.